The highest BCUT2D eigenvalue weighted by atomic mass is 35.5. The van der Waals surface area contributed by atoms with E-state index >= 15 is 0 Å². The van der Waals surface area contributed by atoms with Gasteiger partial charge >= 0.3 is 0 Å². The SMILES string of the molecule is CN(C)S(=O)(=O)c1cccc(CSc2nc3cc(Cl)ccc3s2)c1. The normalized spacial score (nSPS) is 12.2. The summed E-state index contributed by atoms with van der Waals surface area (Å²) >= 11 is 9.18. The number of sulfonamides is 1. The van der Waals surface area contributed by atoms with Crippen LogP contribution in [0.1, 0.15) is 5.56 Å². The fourth-order valence-corrected chi connectivity index (χ4v) is 5.22. The van der Waals surface area contributed by atoms with E-state index in [1.54, 1.807) is 41.3 Å². The Hall–Kier alpha value is -1.12. The van der Waals surface area contributed by atoms with Crippen LogP contribution in [-0.2, 0) is 15.8 Å². The average molecular weight is 399 g/mol. The third-order valence-electron chi connectivity index (χ3n) is 3.37. The van der Waals surface area contributed by atoms with Crippen LogP contribution in [0.25, 0.3) is 10.2 Å². The first-order valence-corrected chi connectivity index (χ1v) is 10.7. The monoisotopic (exact) mass is 398 g/mol. The number of halogens is 1. The Labute approximate surface area is 154 Å². The summed E-state index contributed by atoms with van der Waals surface area (Å²) in [5.74, 6) is 0.657. The van der Waals surface area contributed by atoms with E-state index in [0.717, 1.165) is 20.1 Å². The molecule has 3 rings (SSSR count). The zero-order chi connectivity index (χ0) is 17.3. The van der Waals surface area contributed by atoms with Crippen molar-refractivity contribution in [3.63, 3.8) is 0 Å². The van der Waals surface area contributed by atoms with Crippen molar-refractivity contribution >= 4 is 54.9 Å². The van der Waals surface area contributed by atoms with Crippen molar-refractivity contribution in [3.8, 4) is 0 Å². The second kappa shape index (κ2) is 7.01. The number of thiazole rings is 1. The van der Waals surface area contributed by atoms with Crippen molar-refractivity contribution in [3.05, 3.63) is 53.1 Å². The molecule has 8 heteroatoms. The lowest BCUT2D eigenvalue weighted by atomic mass is 10.2. The zero-order valence-corrected chi connectivity index (χ0v) is 16.3. The molecule has 0 fully saturated rings. The predicted octanol–water partition coefficient (Wildman–Crippen LogP) is 4.49. The van der Waals surface area contributed by atoms with Crippen LogP contribution in [0.5, 0.6) is 0 Å². The Morgan fingerprint density at radius 1 is 1.21 bits per heavy atom. The Bertz CT molecular complexity index is 984. The summed E-state index contributed by atoms with van der Waals surface area (Å²) in [6.07, 6.45) is 0. The molecule has 0 saturated carbocycles. The van der Waals surface area contributed by atoms with Gasteiger partial charge in [0.2, 0.25) is 10.0 Å². The van der Waals surface area contributed by atoms with Crippen LogP contribution in [0.15, 0.2) is 51.7 Å². The van der Waals surface area contributed by atoms with Gasteiger partial charge in [-0.2, -0.15) is 0 Å². The van der Waals surface area contributed by atoms with E-state index in [1.807, 2.05) is 24.3 Å². The van der Waals surface area contributed by atoms with Gasteiger partial charge in [0.05, 0.1) is 15.1 Å². The minimum absolute atomic E-state index is 0.307. The van der Waals surface area contributed by atoms with Crippen LogP contribution in [0.3, 0.4) is 0 Å². The van der Waals surface area contributed by atoms with Gasteiger partial charge in [0.25, 0.3) is 0 Å². The maximum Gasteiger partial charge on any atom is 0.242 e. The highest BCUT2D eigenvalue weighted by molar-refractivity contribution is 8.00. The van der Waals surface area contributed by atoms with E-state index < -0.39 is 10.0 Å². The number of thioether (sulfide) groups is 1. The molecule has 0 aliphatic carbocycles. The fraction of sp³-hybridized carbons (Fsp3) is 0.188. The summed E-state index contributed by atoms with van der Waals surface area (Å²) in [4.78, 5) is 4.87. The summed E-state index contributed by atoms with van der Waals surface area (Å²) in [6, 6.07) is 12.7. The molecule has 0 unspecified atom stereocenters. The van der Waals surface area contributed by atoms with Crippen LogP contribution in [0.2, 0.25) is 5.02 Å². The van der Waals surface area contributed by atoms with Gasteiger partial charge in [0, 0.05) is 24.9 Å². The Balaban J connectivity index is 1.79. The minimum Gasteiger partial charge on any atom is -0.230 e. The minimum atomic E-state index is -3.41. The summed E-state index contributed by atoms with van der Waals surface area (Å²) in [5, 5.41) is 0.672. The second-order valence-electron chi connectivity index (χ2n) is 5.32. The van der Waals surface area contributed by atoms with E-state index in [2.05, 4.69) is 4.98 Å². The van der Waals surface area contributed by atoms with E-state index in [4.69, 9.17) is 11.6 Å². The van der Waals surface area contributed by atoms with Crippen LogP contribution < -0.4 is 0 Å². The van der Waals surface area contributed by atoms with Crippen molar-refractivity contribution < 1.29 is 8.42 Å². The zero-order valence-electron chi connectivity index (χ0n) is 13.1. The Kier molecular flexibility index (Phi) is 5.17. The number of hydrogen-bond acceptors (Lipinski definition) is 5. The van der Waals surface area contributed by atoms with Gasteiger partial charge in [-0.25, -0.2) is 17.7 Å². The van der Waals surface area contributed by atoms with Crippen LogP contribution in [0.4, 0.5) is 0 Å². The Morgan fingerprint density at radius 2 is 2.00 bits per heavy atom. The van der Waals surface area contributed by atoms with Crippen LogP contribution in [0, 0.1) is 0 Å². The van der Waals surface area contributed by atoms with Crippen LogP contribution in [-0.4, -0.2) is 31.8 Å². The van der Waals surface area contributed by atoms with Crippen molar-refractivity contribution in [2.45, 2.75) is 15.0 Å². The number of hydrogen-bond donors (Lipinski definition) is 0. The molecule has 24 heavy (non-hydrogen) atoms. The molecule has 3 aromatic rings. The van der Waals surface area contributed by atoms with Gasteiger partial charge in [0.15, 0.2) is 4.34 Å². The number of benzene rings is 2. The first-order valence-electron chi connectivity index (χ1n) is 7.06. The molecule has 0 aliphatic rings. The summed E-state index contributed by atoms with van der Waals surface area (Å²) in [6.45, 7) is 0. The highest BCUT2D eigenvalue weighted by Gasteiger charge is 2.17. The molecule has 0 saturated heterocycles. The topological polar surface area (TPSA) is 50.3 Å². The van der Waals surface area contributed by atoms with Crippen molar-refractivity contribution in [2.24, 2.45) is 0 Å². The van der Waals surface area contributed by atoms with E-state index in [9.17, 15) is 8.42 Å². The fourth-order valence-electron chi connectivity index (χ4n) is 2.09. The Morgan fingerprint density at radius 3 is 2.75 bits per heavy atom. The molecule has 0 amide bonds. The molecule has 0 atom stereocenters. The molecular formula is C16H15ClN2O2S3. The largest absolute Gasteiger partial charge is 0.242 e. The first kappa shape index (κ1) is 17.7. The molecule has 0 bridgehead atoms. The van der Waals surface area contributed by atoms with E-state index in [0.29, 0.717) is 15.7 Å². The number of rotatable bonds is 5. The summed E-state index contributed by atoms with van der Waals surface area (Å²) in [5.41, 5.74) is 1.83. The molecule has 0 radical (unpaired) electrons. The summed E-state index contributed by atoms with van der Waals surface area (Å²) in [7, 11) is -0.350. The van der Waals surface area contributed by atoms with E-state index in [-0.39, 0.29) is 0 Å². The molecule has 4 nitrogen and oxygen atoms in total. The molecule has 0 spiro atoms. The molecule has 0 N–H and O–H groups in total. The quantitative estimate of drug-likeness (QED) is 0.594. The predicted molar refractivity (Wildman–Crippen MR) is 102 cm³/mol. The van der Waals surface area contributed by atoms with Crippen molar-refractivity contribution in [1.82, 2.24) is 9.29 Å². The van der Waals surface area contributed by atoms with Gasteiger partial charge in [0.1, 0.15) is 0 Å². The van der Waals surface area contributed by atoms with Gasteiger partial charge in [-0.1, -0.05) is 35.5 Å². The lowest BCUT2D eigenvalue weighted by Gasteiger charge is -2.12. The lowest BCUT2D eigenvalue weighted by molar-refractivity contribution is 0.520. The third-order valence-corrected chi connectivity index (χ3v) is 7.67. The maximum absolute atomic E-state index is 12.2. The van der Waals surface area contributed by atoms with Crippen molar-refractivity contribution in [2.75, 3.05) is 14.1 Å². The smallest absolute Gasteiger partial charge is 0.230 e. The second-order valence-corrected chi connectivity index (χ2v) is 10.2. The molecule has 1 heterocycles. The van der Waals surface area contributed by atoms with Crippen molar-refractivity contribution in [1.29, 1.82) is 0 Å². The van der Waals surface area contributed by atoms with Crippen LogP contribution >= 0.6 is 34.7 Å². The van der Waals surface area contributed by atoms with Gasteiger partial charge < -0.3 is 0 Å². The number of nitrogens with zero attached hydrogens (tertiary/aromatic N) is 2. The molecule has 1 aromatic heterocycles. The lowest BCUT2D eigenvalue weighted by Crippen LogP contribution is -2.22. The first-order chi connectivity index (χ1) is 11.4. The molecular weight excluding hydrogens is 384 g/mol. The molecule has 2 aromatic carbocycles. The standard InChI is InChI=1S/C16H15ClN2O2S3/c1-19(2)24(20,21)13-5-3-4-11(8-13)10-22-16-18-14-9-12(17)6-7-15(14)23-16/h3-9H,10H2,1-2H3. The summed E-state index contributed by atoms with van der Waals surface area (Å²) < 4.78 is 27.7. The number of fused-ring (bicyclic) bond motifs is 1. The maximum atomic E-state index is 12.2. The number of aromatic nitrogens is 1. The van der Waals surface area contributed by atoms with Gasteiger partial charge in [-0.3, -0.25) is 0 Å². The van der Waals surface area contributed by atoms with Gasteiger partial charge in [-0.05, 0) is 35.9 Å². The van der Waals surface area contributed by atoms with Gasteiger partial charge in [-0.15, -0.1) is 11.3 Å². The third kappa shape index (κ3) is 3.75. The highest BCUT2D eigenvalue weighted by Crippen LogP contribution is 2.33. The molecule has 126 valence electrons. The average Bonchev–Trinajstić information content (AvgIpc) is 2.95. The molecule has 0 aliphatic heterocycles. The van der Waals surface area contributed by atoms with E-state index in [1.165, 1.54) is 18.4 Å².